The highest BCUT2D eigenvalue weighted by atomic mass is 16.5. The Hall–Kier alpha value is -2.77. The van der Waals surface area contributed by atoms with Crippen molar-refractivity contribution in [1.29, 1.82) is 0 Å². The van der Waals surface area contributed by atoms with Crippen molar-refractivity contribution in [3.63, 3.8) is 0 Å². The van der Waals surface area contributed by atoms with Crippen LogP contribution in [0.4, 0.5) is 0 Å². The van der Waals surface area contributed by atoms with Crippen LogP contribution in [0.5, 0.6) is 11.5 Å². The topological polar surface area (TPSA) is 114 Å². The second-order valence-corrected chi connectivity index (χ2v) is 4.60. The Labute approximate surface area is 133 Å². The van der Waals surface area contributed by atoms with E-state index in [1.807, 2.05) is 0 Å². The molecule has 0 saturated carbocycles. The number of methoxy groups -OCH3 is 2. The highest BCUT2D eigenvalue weighted by Crippen LogP contribution is 2.27. The zero-order chi connectivity index (χ0) is 17.2. The van der Waals surface area contributed by atoms with Crippen LogP contribution in [0.1, 0.15) is 23.2 Å². The number of hydrogen-bond donors (Lipinski definition) is 3. The minimum atomic E-state index is -0.916. The third kappa shape index (κ3) is 6.25. The molecule has 0 bridgehead atoms. The molecule has 0 atom stereocenters. The van der Waals surface area contributed by atoms with Crippen molar-refractivity contribution in [2.75, 3.05) is 27.3 Å². The molecule has 0 fully saturated rings. The molecule has 8 nitrogen and oxygen atoms in total. The lowest BCUT2D eigenvalue weighted by Crippen LogP contribution is -2.37. The Kier molecular flexibility index (Phi) is 7.38. The number of benzene rings is 1. The second kappa shape index (κ2) is 9.29. The Morgan fingerprint density at radius 3 is 2.39 bits per heavy atom. The molecule has 3 N–H and O–H groups in total. The van der Waals surface area contributed by atoms with Gasteiger partial charge in [-0.3, -0.25) is 14.4 Å². The van der Waals surface area contributed by atoms with Crippen LogP contribution < -0.4 is 20.1 Å². The molecule has 0 aliphatic carbocycles. The van der Waals surface area contributed by atoms with Gasteiger partial charge in [0, 0.05) is 18.5 Å². The SMILES string of the molecule is COc1ccc(C(=O)NCC(=O)NCCCC(=O)O)cc1OC. The maximum Gasteiger partial charge on any atom is 0.303 e. The molecule has 0 aliphatic rings. The maximum absolute atomic E-state index is 12.0. The van der Waals surface area contributed by atoms with Crippen LogP contribution in [0.2, 0.25) is 0 Å². The van der Waals surface area contributed by atoms with Crippen molar-refractivity contribution in [2.45, 2.75) is 12.8 Å². The van der Waals surface area contributed by atoms with Gasteiger partial charge in [0.25, 0.3) is 5.91 Å². The monoisotopic (exact) mass is 324 g/mol. The summed E-state index contributed by atoms with van der Waals surface area (Å²) in [5.74, 6) is -0.810. The fourth-order valence-electron chi connectivity index (χ4n) is 1.77. The number of nitrogens with one attached hydrogen (secondary N) is 2. The number of aliphatic carboxylic acids is 1. The van der Waals surface area contributed by atoms with Gasteiger partial charge in [0.05, 0.1) is 20.8 Å². The Morgan fingerprint density at radius 2 is 1.78 bits per heavy atom. The first-order chi connectivity index (χ1) is 11.0. The number of amides is 2. The standard InChI is InChI=1S/C15H20N2O6/c1-22-11-6-5-10(8-12(11)23-2)15(21)17-9-13(18)16-7-3-4-14(19)20/h5-6,8H,3-4,7,9H2,1-2H3,(H,16,18)(H,17,21)(H,19,20). The van der Waals surface area contributed by atoms with Gasteiger partial charge in [-0.1, -0.05) is 0 Å². The number of ether oxygens (including phenoxy) is 2. The molecule has 8 heteroatoms. The van der Waals surface area contributed by atoms with Crippen LogP contribution in [-0.2, 0) is 9.59 Å². The summed E-state index contributed by atoms with van der Waals surface area (Å²) >= 11 is 0. The highest BCUT2D eigenvalue weighted by molar-refractivity contribution is 5.97. The Morgan fingerprint density at radius 1 is 1.09 bits per heavy atom. The summed E-state index contributed by atoms with van der Waals surface area (Å²) in [4.78, 5) is 33.8. The van der Waals surface area contributed by atoms with Crippen LogP contribution in [0.25, 0.3) is 0 Å². The van der Waals surface area contributed by atoms with Crippen molar-refractivity contribution < 1.29 is 29.0 Å². The van der Waals surface area contributed by atoms with E-state index in [4.69, 9.17) is 14.6 Å². The number of carbonyl (C=O) groups is 3. The first-order valence-electron chi connectivity index (χ1n) is 6.96. The summed E-state index contributed by atoms with van der Waals surface area (Å²) in [7, 11) is 2.95. The van der Waals surface area contributed by atoms with Crippen molar-refractivity contribution >= 4 is 17.8 Å². The van der Waals surface area contributed by atoms with Gasteiger partial charge in [0.2, 0.25) is 5.91 Å². The van der Waals surface area contributed by atoms with E-state index in [-0.39, 0.29) is 25.4 Å². The highest BCUT2D eigenvalue weighted by Gasteiger charge is 2.11. The molecule has 0 radical (unpaired) electrons. The largest absolute Gasteiger partial charge is 0.493 e. The lowest BCUT2D eigenvalue weighted by molar-refractivity contribution is -0.137. The summed E-state index contributed by atoms with van der Waals surface area (Å²) in [6, 6.07) is 4.67. The Bertz CT molecular complexity index is 573. The van der Waals surface area contributed by atoms with Gasteiger partial charge in [-0.05, 0) is 24.6 Å². The van der Waals surface area contributed by atoms with E-state index < -0.39 is 11.9 Å². The van der Waals surface area contributed by atoms with Gasteiger partial charge >= 0.3 is 5.97 Å². The smallest absolute Gasteiger partial charge is 0.303 e. The van der Waals surface area contributed by atoms with E-state index in [0.29, 0.717) is 23.5 Å². The fourth-order valence-corrected chi connectivity index (χ4v) is 1.77. The van der Waals surface area contributed by atoms with Crippen molar-refractivity contribution in [3.8, 4) is 11.5 Å². The van der Waals surface area contributed by atoms with Gasteiger partial charge in [0.1, 0.15) is 0 Å². The molecule has 126 valence electrons. The lowest BCUT2D eigenvalue weighted by Gasteiger charge is -2.10. The minimum absolute atomic E-state index is 0.0156. The molecular formula is C15H20N2O6. The van der Waals surface area contributed by atoms with Gasteiger partial charge < -0.3 is 25.2 Å². The minimum Gasteiger partial charge on any atom is -0.493 e. The molecule has 0 aromatic heterocycles. The van der Waals surface area contributed by atoms with Gasteiger partial charge in [-0.25, -0.2) is 0 Å². The molecule has 0 unspecified atom stereocenters. The van der Waals surface area contributed by atoms with Gasteiger partial charge in [0.15, 0.2) is 11.5 Å². The summed E-state index contributed by atoms with van der Waals surface area (Å²) in [6.45, 7) is 0.0532. The van der Waals surface area contributed by atoms with E-state index in [1.165, 1.54) is 20.3 Å². The first-order valence-corrected chi connectivity index (χ1v) is 6.96. The summed E-state index contributed by atoms with van der Waals surface area (Å²) in [5, 5.41) is 13.5. The zero-order valence-corrected chi connectivity index (χ0v) is 13.0. The number of carboxylic acid groups (broad SMARTS) is 1. The van der Waals surface area contributed by atoms with E-state index in [0.717, 1.165) is 0 Å². The molecule has 0 spiro atoms. The normalized spacial score (nSPS) is 9.83. The molecular weight excluding hydrogens is 304 g/mol. The number of rotatable bonds is 9. The predicted molar refractivity (Wildman–Crippen MR) is 81.8 cm³/mol. The van der Waals surface area contributed by atoms with Gasteiger partial charge in [-0.15, -0.1) is 0 Å². The first kappa shape index (κ1) is 18.3. The zero-order valence-electron chi connectivity index (χ0n) is 13.0. The van der Waals surface area contributed by atoms with Crippen molar-refractivity contribution in [1.82, 2.24) is 10.6 Å². The van der Waals surface area contributed by atoms with Crippen LogP contribution in [0, 0.1) is 0 Å². The molecule has 1 aromatic carbocycles. The number of carboxylic acids is 1. The summed E-state index contributed by atoms with van der Waals surface area (Å²) in [5.41, 5.74) is 0.335. The average Bonchev–Trinajstić information content (AvgIpc) is 2.55. The number of carbonyl (C=O) groups excluding carboxylic acids is 2. The summed E-state index contributed by atoms with van der Waals surface area (Å²) < 4.78 is 10.2. The summed E-state index contributed by atoms with van der Waals surface area (Å²) in [6.07, 6.45) is 0.322. The third-order valence-corrected chi connectivity index (χ3v) is 2.94. The van der Waals surface area contributed by atoms with Crippen LogP contribution in [0.15, 0.2) is 18.2 Å². The lowest BCUT2D eigenvalue weighted by atomic mass is 10.2. The van der Waals surface area contributed by atoms with E-state index in [1.54, 1.807) is 12.1 Å². The van der Waals surface area contributed by atoms with E-state index in [9.17, 15) is 14.4 Å². The molecule has 1 aromatic rings. The molecule has 2 amide bonds. The quantitative estimate of drug-likeness (QED) is 0.567. The van der Waals surface area contributed by atoms with Crippen LogP contribution >= 0.6 is 0 Å². The molecule has 0 aliphatic heterocycles. The molecule has 23 heavy (non-hydrogen) atoms. The fraction of sp³-hybridized carbons (Fsp3) is 0.400. The number of hydrogen-bond acceptors (Lipinski definition) is 5. The predicted octanol–water partition coefficient (Wildman–Crippen LogP) is 0.415. The van der Waals surface area contributed by atoms with Crippen LogP contribution in [-0.4, -0.2) is 50.2 Å². The molecule has 1 rings (SSSR count). The van der Waals surface area contributed by atoms with E-state index in [2.05, 4.69) is 10.6 Å². The van der Waals surface area contributed by atoms with Gasteiger partial charge in [-0.2, -0.15) is 0 Å². The molecule has 0 heterocycles. The molecule has 0 saturated heterocycles. The second-order valence-electron chi connectivity index (χ2n) is 4.60. The van der Waals surface area contributed by atoms with Crippen molar-refractivity contribution in [2.24, 2.45) is 0 Å². The average molecular weight is 324 g/mol. The Balaban J connectivity index is 2.44. The van der Waals surface area contributed by atoms with Crippen molar-refractivity contribution in [3.05, 3.63) is 23.8 Å². The van der Waals surface area contributed by atoms with E-state index >= 15 is 0 Å². The maximum atomic E-state index is 12.0. The van der Waals surface area contributed by atoms with Crippen LogP contribution in [0.3, 0.4) is 0 Å². The third-order valence-electron chi connectivity index (χ3n) is 2.94.